The minimum absolute atomic E-state index is 0.00378. The minimum atomic E-state index is -0.00378. The van der Waals surface area contributed by atoms with E-state index in [1.807, 2.05) is 29.6 Å². The van der Waals surface area contributed by atoms with Gasteiger partial charge in [-0.2, -0.15) is 0 Å². The molecule has 1 unspecified atom stereocenters. The summed E-state index contributed by atoms with van der Waals surface area (Å²) in [4.78, 5) is 27.4. The van der Waals surface area contributed by atoms with Crippen LogP contribution in [0.2, 0.25) is 0 Å². The Bertz CT molecular complexity index is 704. The van der Waals surface area contributed by atoms with Crippen molar-refractivity contribution in [3.63, 3.8) is 0 Å². The normalized spacial score (nSPS) is 16.9. The number of piperidine rings is 1. The highest BCUT2D eigenvalue weighted by molar-refractivity contribution is 7.12. The lowest BCUT2D eigenvalue weighted by Gasteiger charge is -2.35. The number of amides is 1. The lowest BCUT2D eigenvalue weighted by molar-refractivity contribution is -0.121. The minimum Gasteiger partial charge on any atom is -0.468 e. The number of ketones is 1. The van der Waals surface area contributed by atoms with E-state index in [2.05, 4.69) is 17.1 Å². The molecule has 3 rings (SSSR count). The molecule has 27 heavy (non-hydrogen) atoms. The number of hydrogen-bond acceptors (Lipinski definition) is 5. The average molecular weight is 389 g/mol. The van der Waals surface area contributed by atoms with Crippen LogP contribution in [0.25, 0.3) is 0 Å². The summed E-state index contributed by atoms with van der Waals surface area (Å²) in [5.41, 5.74) is 0. The van der Waals surface area contributed by atoms with E-state index in [1.165, 1.54) is 24.2 Å². The second-order valence-corrected chi connectivity index (χ2v) is 8.26. The highest BCUT2D eigenvalue weighted by Crippen LogP contribution is 2.26. The number of nitrogens with zero attached hydrogens (tertiary/aromatic N) is 1. The zero-order valence-electron chi connectivity index (χ0n) is 15.9. The summed E-state index contributed by atoms with van der Waals surface area (Å²) < 4.78 is 5.63. The van der Waals surface area contributed by atoms with Crippen LogP contribution in [0.15, 0.2) is 40.3 Å². The molecule has 1 aliphatic rings. The van der Waals surface area contributed by atoms with Crippen LogP contribution in [0.3, 0.4) is 0 Å². The van der Waals surface area contributed by atoms with Crippen molar-refractivity contribution in [2.45, 2.75) is 45.1 Å². The van der Waals surface area contributed by atoms with Crippen molar-refractivity contribution in [2.75, 3.05) is 19.6 Å². The van der Waals surface area contributed by atoms with E-state index in [-0.39, 0.29) is 17.7 Å². The Morgan fingerprint density at radius 3 is 2.74 bits per heavy atom. The number of carbonyl (C=O) groups is 2. The van der Waals surface area contributed by atoms with Crippen molar-refractivity contribution < 1.29 is 14.0 Å². The highest BCUT2D eigenvalue weighted by Gasteiger charge is 2.26. The van der Waals surface area contributed by atoms with Gasteiger partial charge in [0.25, 0.3) is 0 Å². The summed E-state index contributed by atoms with van der Waals surface area (Å²) in [5, 5.41) is 4.94. The van der Waals surface area contributed by atoms with Crippen molar-refractivity contribution in [2.24, 2.45) is 5.92 Å². The van der Waals surface area contributed by atoms with Gasteiger partial charge in [-0.3, -0.25) is 14.5 Å². The topological polar surface area (TPSA) is 62.6 Å². The average Bonchev–Trinajstić information content (AvgIpc) is 3.37. The molecule has 0 aliphatic carbocycles. The zero-order chi connectivity index (χ0) is 19.1. The monoisotopic (exact) mass is 388 g/mol. The quantitative estimate of drug-likeness (QED) is 0.651. The second kappa shape index (κ2) is 9.85. The Morgan fingerprint density at radius 2 is 2.07 bits per heavy atom. The van der Waals surface area contributed by atoms with Gasteiger partial charge in [-0.25, -0.2) is 0 Å². The van der Waals surface area contributed by atoms with Gasteiger partial charge in [-0.1, -0.05) is 13.0 Å². The molecule has 0 radical (unpaired) electrons. The van der Waals surface area contributed by atoms with E-state index in [0.717, 1.165) is 29.6 Å². The van der Waals surface area contributed by atoms with Gasteiger partial charge in [-0.15, -0.1) is 11.3 Å². The molecule has 1 fully saturated rings. The van der Waals surface area contributed by atoms with Crippen molar-refractivity contribution in [3.05, 3.63) is 46.5 Å². The van der Waals surface area contributed by atoms with Gasteiger partial charge in [0.2, 0.25) is 5.91 Å². The molecule has 1 N–H and O–H groups in total. The number of furan rings is 1. The first-order chi connectivity index (χ1) is 13.1. The maximum Gasteiger partial charge on any atom is 0.220 e. The van der Waals surface area contributed by atoms with Gasteiger partial charge in [0.05, 0.1) is 17.2 Å². The Hall–Kier alpha value is -1.92. The van der Waals surface area contributed by atoms with Crippen molar-refractivity contribution in [1.82, 2.24) is 10.2 Å². The molecule has 6 heteroatoms. The predicted molar refractivity (Wildman–Crippen MR) is 107 cm³/mol. The van der Waals surface area contributed by atoms with Crippen LogP contribution in [-0.2, 0) is 4.79 Å². The third-order valence-electron chi connectivity index (χ3n) is 5.23. The van der Waals surface area contributed by atoms with Crippen LogP contribution in [-0.4, -0.2) is 36.2 Å². The Balaban J connectivity index is 1.45. The molecule has 2 aromatic heterocycles. The number of thiophene rings is 1. The van der Waals surface area contributed by atoms with E-state index >= 15 is 0 Å². The molecule has 5 nitrogen and oxygen atoms in total. The lowest BCUT2D eigenvalue weighted by atomic mass is 9.97. The summed E-state index contributed by atoms with van der Waals surface area (Å²) in [5.74, 6) is 1.77. The number of hydrogen-bond donors (Lipinski definition) is 1. The SMILES string of the molecule is CC1CCN(C(CNC(=O)CCCC(=O)c2cccs2)c2ccco2)CC1. The maximum absolute atomic E-state index is 12.3. The fraction of sp³-hybridized carbons (Fsp3) is 0.524. The van der Waals surface area contributed by atoms with Gasteiger partial charge in [-0.05, 0) is 61.8 Å². The van der Waals surface area contributed by atoms with Gasteiger partial charge < -0.3 is 9.73 Å². The first kappa shape index (κ1) is 19.8. The van der Waals surface area contributed by atoms with E-state index in [4.69, 9.17) is 4.42 Å². The molecule has 0 aromatic carbocycles. The van der Waals surface area contributed by atoms with Crippen LogP contribution in [0.1, 0.15) is 60.5 Å². The Morgan fingerprint density at radius 1 is 1.26 bits per heavy atom. The molecule has 0 spiro atoms. The molecule has 1 atom stereocenters. The van der Waals surface area contributed by atoms with Gasteiger partial charge in [0.15, 0.2) is 5.78 Å². The molecule has 0 saturated carbocycles. The summed E-state index contributed by atoms with van der Waals surface area (Å²) in [7, 11) is 0. The highest BCUT2D eigenvalue weighted by atomic mass is 32.1. The molecule has 146 valence electrons. The van der Waals surface area contributed by atoms with E-state index in [1.54, 1.807) is 6.26 Å². The van der Waals surface area contributed by atoms with Crippen molar-refractivity contribution in [3.8, 4) is 0 Å². The number of rotatable bonds is 9. The first-order valence-electron chi connectivity index (χ1n) is 9.74. The Labute approximate surface area is 164 Å². The third-order valence-corrected chi connectivity index (χ3v) is 6.14. The van der Waals surface area contributed by atoms with Crippen LogP contribution in [0.5, 0.6) is 0 Å². The number of carbonyl (C=O) groups excluding carboxylic acids is 2. The van der Waals surface area contributed by atoms with Gasteiger partial charge in [0.1, 0.15) is 5.76 Å². The van der Waals surface area contributed by atoms with Crippen molar-refractivity contribution in [1.29, 1.82) is 0 Å². The predicted octanol–water partition coefficient (Wildman–Crippen LogP) is 4.28. The fourth-order valence-electron chi connectivity index (χ4n) is 3.50. The summed E-state index contributed by atoms with van der Waals surface area (Å²) >= 11 is 1.45. The van der Waals surface area contributed by atoms with E-state index in [9.17, 15) is 9.59 Å². The largest absolute Gasteiger partial charge is 0.468 e. The summed E-state index contributed by atoms with van der Waals surface area (Å²) in [6, 6.07) is 7.66. The molecule has 1 amide bonds. The second-order valence-electron chi connectivity index (χ2n) is 7.31. The van der Waals surface area contributed by atoms with Crippen LogP contribution < -0.4 is 5.32 Å². The number of nitrogens with one attached hydrogen (secondary N) is 1. The fourth-order valence-corrected chi connectivity index (χ4v) is 4.19. The van der Waals surface area contributed by atoms with E-state index in [0.29, 0.717) is 25.8 Å². The Kier molecular flexibility index (Phi) is 7.24. The zero-order valence-corrected chi connectivity index (χ0v) is 16.7. The molecular formula is C21H28N2O3S. The van der Waals surface area contributed by atoms with Gasteiger partial charge >= 0.3 is 0 Å². The first-order valence-corrected chi connectivity index (χ1v) is 10.6. The molecule has 1 aliphatic heterocycles. The molecule has 2 aromatic rings. The third kappa shape index (κ3) is 5.78. The molecule has 1 saturated heterocycles. The number of Topliss-reactive ketones (excluding diaryl/α,β-unsaturated/α-hetero) is 1. The summed E-state index contributed by atoms with van der Waals surface area (Å²) in [6.07, 6.45) is 5.41. The standard InChI is InChI=1S/C21H28N2O3S/c1-16-9-11-23(12-10-16)17(19-6-3-13-26-19)15-22-21(25)8-2-5-18(24)20-7-4-14-27-20/h3-4,6-7,13-14,16-17H,2,5,8-12,15H2,1H3,(H,22,25). The molecule has 3 heterocycles. The van der Waals surface area contributed by atoms with Gasteiger partial charge in [0, 0.05) is 19.4 Å². The van der Waals surface area contributed by atoms with Crippen LogP contribution >= 0.6 is 11.3 Å². The summed E-state index contributed by atoms with van der Waals surface area (Å²) in [6.45, 7) is 4.88. The molecule has 0 bridgehead atoms. The van der Waals surface area contributed by atoms with Crippen LogP contribution in [0.4, 0.5) is 0 Å². The van der Waals surface area contributed by atoms with E-state index < -0.39 is 0 Å². The maximum atomic E-state index is 12.3. The number of likely N-dealkylation sites (tertiary alicyclic amines) is 1. The molecular weight excluding hydrogens is 360 g/mol. The van der Waals surface area contributed by atoms with Crippen LogP contribution in [0, 0.1) is 5.92 Å². The lowest BCUT2D eigenvalue weighted by Crippen LogP contribution is -2.41. The smallest absolute Gasteiger partial charge is 0.220 e. The van der Waals surface area contributed by atoms with Crippen molar-refractivity contribution >= 4 is 23.0 Å².